The lowest BCUT2D eigenvalue weighted by Gasteiger charge is -2.18. The number of carbonyl (C=O) groups is 2. The average molecular weight is 544 g/mol. The van der Waals surface area contributed by atoms with Gasteiger partial charge in [-0.2, -0.15) is 5.10 Å². The molecule has 11 heteroatoms. The second-order valence-corrected chi connectivity index (χ2v) is 9.68. The fourth-order valence-electron chi connectivity index (χ4n) is 4.36. The number of anilines is 2. The van der Waals surface area contributed by atoms with Gasteiger partial charge in [-0.25, -0.2) is 13.9 Å². The molecule has 1 aliphatic heterocycles. The van der Waals surface area contributed by atoms with Crippen LogP contribution in [0.4, 0.5) is 20.7 Å². The predicted octanol–water partition coefficient (Wildman–Crippen LogP) is 4.97. The number of hydrogen-bond acceptors (Lipinski definition) is 6. The smallest absolute Gasteiger partial charge is 0.324 e. The van der Waals surface area contributed by atoms with Crippen LogP contribution in [0.2, 0.25) is 0 Å². The molecule has 0 saturated carbocycles. The molecule has 0 aliphatic carbocycles. The second-order valence-electron chi connectivity index (χ2n) is 9.68. The van der Waals surface area contributed by atoms with Crippen molar-refractivity contribution in [3.05, 3.63) is 89.1 Å². The van der Waals surface area contributed by atoms with E-state index in [4.69, 9.17) is 9.84 Å². The van der Waals surface area contributed by atoms with E-state index in [0.717, 1.165) is 37.0 Å². The molecule has 0 saturated heterocycles. The highest BCUT2D eigenvalue weighted by atomic mass is 19.1. The molecule has 2 aromatic carbocycles. The lowest BCUT2D eigenvalue weighted by molar-refractivity contribution is 0.0957. The zero-order chi connectivity index (χ0) is 28.2. The summed E-state index contributed by atoms with van der Waals surface area (Å²) in [4.78, 5) is 28.7. The second kappa shape index (κ2) is 11.5. The molecule has 2 aromatic heterocycles. The molecule has 40 heavy (non-hydrogen) atoms. The van der Waals surface area contributed by atoms with Gasteiger partial charge in [-0.1, -0.05) is 19.9 Å². The van der Waals surface area contributed by atoms with E-state index in [1.54, 1.807) is 10.7 Å². The number of amides is 3. The van der Waals surface area contributed by atoms with Crippen LogP contribution in [0.15, 0.2) is 60.8 Å². The van der Waals surface area contributed by atoms with Crippen LogP contribution >= 0.6 is 0 Å². The van der Waals surface area contributed by atoms with Crippen molar-refractivity contribution in [2.75, 3.05) is 24.2 Å². The minimum Gasteiger partial charge on any atom is -0.457 e. The number of hydrogen-bond donors (Lipinski definition) is 4. The molecule has 0 bridgehead atoms. The number of carbonyl (C=O) groups excluding carboxylic acids is 2. The SMILES string of the molecule is CNC(=O)c1cc(Oc2ccc(NC(=O)Nc3cc(C(C)C)nn3-c3ccc4c(c3)CCNC4)c(F)c2)ccn1. The minimum atomic E-state index is -0.687. The van der Waals surface area contributed by atoms with E-state index < -0.39 is 11.8 Å². The molecule has 0 unspecified atom stereocenters. The van der Waals surface area contributed by atoms with Gasteiger partial charge in [0.2, 0.25) is 0 Å². The van der Waals surface area contributed by atoms with Gasteiger partial charge in [-0.05, 0) is 60.3 Å². The molecular formula is C29H30FN7O3. The third-order valence-electron chi connectivity index (χ3n) is 6.50. The Kier molecular flexibility index (Phi) is 7.74. The third kappa shape index (κ3) is 5.94. The first-order chi connectivity index (χ1) is 19.3. The van der Waals surface area contributed by atoms with E-state index >= 15 is 0 Å². The molecule has 3 amide bonds. The number of urea groups is 1. The maximum Gasteiger partial charge on any atom is 0.324 e. The van der Waals surface area contributed by atoms with Crippen LogP contribution in [0, 0.1) is 5.82 Å². The van der Waals surface area contributed by atoms with Gasteiger partial charge in [0.05, 0.1) is 17.1 Å². The van der Waals surface area contributed by atoms with Gasteiger partial charge < -0.3 is 20.7 Å². The van der Waals surface area contributed by atoms with Crippen molar-refractivity contribution in [1.29, 1.82) is 0 Å². The molecular weight excluding hydrogens is 513 g/mol. The molecule has 10 nitrogen and oxygen atoms in total. The van der Waals surface area contributed by atoms with Crippen LogP contribution in [0.1, 0.15) is 47.1 Å². The van der Waals surface area contributed by atoms with Gasteiger partial charge >= 0.3 is 6.03 Å². The first-order valence-electron chi connectivity index (χ1n) is 13.0. The van der Waals surface area contributed by atoms with Crippen molar-refractivity contribution in [3.63, 3.8) is 0 Å². The molecule has 0 spiro atoms. The fraction of sp³-hybridized carbons (Fsp3) is 0.241. The normalized spacial score (nSPS) is 12.5. The van der Waals surface area contributed by atoms with E-state index in [9.17, 15) is 14.0 Å². The molecule has 0 radical (unpaired) electrons. The summed E-state index contributed by atoms with van der Waals surface area (Å²) in [7, 11) is 1.50. The molecule has 0 atom stereocenters. The molecule has 5 rings (SSSR count). The molecule has 206 valence electrons. The summed E-state index contributed by atoms with van der Waals surface area (Å²) in [6.07, 6.45) is 2.34. The first kappa shape index (κ1) is 26.8. The maximum atomic E-state index is 14.9. The Bertz CT molecular complexity index is 1570. The average Bonchev–Trinajstić information content (AvgIpc) is 3.38. The van der Waals surface area contributed by atoms with Gasteiger partial charge in [0, 0.05) is 38.0 Å². The van der Waals surface area contributed by atoms with Crippen molar-refractivity contribution < 1.29 is 18.7 Å². The number of nitrogens with zero attached hydrogens (tertiary/aromatic N) is 3. The Morgan fingerprint density at radius 3 is 2.62 bits per heavy atom. The van der Waals surface area contributed by atoms with Crippen LogP contribution in [0.5, 0.6) is 11.5 Å². The highest BCUT2D eigenvalue weighted by molar-refractivity contribution is 5.99. The number of rotatable bonds is 7. The van der Waals surface area contributed by atoms with Gasteiger partial charge in [0.25, 0.3) is 5.91 Å². The van der Waals surface area contributed by atoms with E-state index in [2.05, 4.69) is 38.4 Å². The number of ether oxygens (including phenoxy) is 1. The number of halogens is 1. The van der Waals surface area contributed by atoms with E-state index in [1.807, 2.05) is 26.0 Å². The minimum absolute atomic E-state index is 0.0259. The van der Waals surface area contributed by atoms with Crippen molar-refractivity contribution in [3.8, 4) is 17.2 Å². The molecule has 4 N–H and O–H groups in total. The van der Waals surface area contributed by atoms with Gasteiger partial charge in [-0.3, -0.25) is 15.1 Å². The summed E-state index contributed by atoms with van der Waals surface area (Å²) in [5.41, 5.74) is 4.29. The molecule has 4 aromatic rings. The Hall–Kier alpha value is -4.77. The Morgan fingerprint density at radius 2 is 1.85 bits per heavy atom. The summed E-state index contributed by atoms with van der Waals surface area (Å²) in [6, 6.07) is 14.4. The third-order valence-corrected chi connectivity index (χ3v) is 6.50. The summed E-state index contributed by atoms with van der Waals surface area (Å²) in [5, 5.41) is 15.9. The number of nitrogens with one attached hydrogen (secondary N) is 4. The standard InChI is InChI=1S/C29H30FN7O3/c1-17(2)25-15-27(37(36-25)20-5-4-19-16-32-10-8-18(19)12-20)35-29(39)34-24-7-6-21(13-23(24)30)40-22-9-11-33-26(14-22)28(38)31-3/h4-7,9,11-15,17,32H,8,10,16H2,1-3H3,(H,31,38)(H2,34,35,39). The van der Waals surface area contributed by atoms with Crippen molar-refractivity contribution in [2.45, 2.75) is 32.7 Å². The monoisotopic (exact) mass is 543 g/mol. The number of aromatic nitrogens is 3. The molecule has 1 aliphatic rings. The molecule has 3 heterocycles. The number of benzene rings is 2. The topological polar surface area (TPSA) is 122 Å². The van der Waals surface area contributed by atoms with Crippen LogP contribution in [-0.4, -0.2) is 40.3 Å². The highest BCUT2D eigenvalue weighted by Crippen LogP contribution is 2.27. The number of pyridine rings is 1. The van der Waals surface area contributed by atoms with Crippen molar-refractivity contribution >= 4 is 23.4 Å². The van der Waals surface area contributed by atoms with Crippen LogP contribution in [0.3, 0.4) is 0 Å². The zero-order valence-electron chi connectivity index (χ0n) is 22.4. The van der Waals surface area contributed by atoms with Crippen molar-refractivity contribution in [2.24, 2.45) is 0 Å². The highest BCUT2D eigenvalue weighted by Gasteiger charge is 2.18. The predicted molar refractivity (Wildman–Crippen MR) is 150 cm³/mol. The Balaban J connectivity index is 1.31. The van der Waals surface area contributed by atoms with Gasteiger partial charge in [-0.15, -0.1) is 0 Å². The van der Waals surface area contributed by atoms with Gasteiger partial charge in [0.15, 0.2) is 0 Å². The van der Waals surface area contributed by atoms with Gasteiger partial charge in [0.1, 0.15) is 28.8 Å². The quantitative estimate of drug-likeness (QED) is 0.261. The lowest BCUT2D eigenvalue weighted by atomic mass is 10.0. The summed E-state index contributed by atoms with van der Waals surface area (Å²) in [5.74, 6) is 0.0735. The Labute approximate surface area is 231 Å². The fourth-order valence-corrected chi connectivity index (χ4v) is 4.36. The largest absolute Gasteiger partial charge is 0.457 e. The van der Waals surface area contributed by atoms with E-state index in [-0.39, 0.29) is 29.0 Å². The summed E-state index contributed by atoms with van der Waals surface area (Å²) in [6.45, 7) is 5.79. The zero-order valence-corrected chi connectivity index (χ0v) is 22.4. The summed E-state index contributed by atoms with van der Waals surface area (Å²) >= 11 is 0. The van der Waals surface area contributed by atoms with Crippen LogP contribution < -0.4 is 26.0 Å². The molecule has 0 fully saturated rings. The van der Waals surface area contributed by atoms with Crippen LogP contribution in [-0.2, 0) is 13.0 Å². The van der Waals surface area contributed by atoms with Crippen molar-refractivity contribution in [1.82, 2.24) is 25.4 Å². The van der Waals surface area contributed by atoms with Crippen LogP contribution in [0.25, 0.3) is 5.69 Å². The maximum absolute atomic E-state index is 14.9. The van der Waals surface area contributed by atoms with E-state index in [0.29, 0.717) is 11.6 Å². The first-order valence-corrected chi connectivity index (χ1v) is 13.0. The summed E-state index contributed by atoms with van der Waals surface area (Å²) < 4.78 is 22.3. The number of fused-ring (bicyclic) bond motifs is 1. The van der Waals surface area contributed by atoms with E-state index in [1.165, 1.54) is 42.6 Å². The Morgan fingerprint density at radius 1 is 1.02 bits per heavy atom. The lowest BCUT2D eigenvalue weighted by Crippen LogP contribution is -2.24.